The Morgan fingerprint density at radius 1 is 1.05 bits per heavy atom. The molecular formula is C19H26N2. The monoisotopic (exact) mass is 282 g/mol. The lowest BCUT2D eigenvalue weighted by molar-refractivity contribution is 0.258. The minimum Gasteiger partial charge on any atom is -0.324 e. The minimum absolute atomic E-state index is 0.0890. The number of aryl methyl sites for hydroxylation is 1. The number of hydrogen-bond donors (Lipinski definition) is 1. The molecule has 112 valence electrons. The van der Waals surface area contributed by atoms with Gasteiger partial charge in [-0.25, -0.2) is 0 Å². The molecule has 2 nitrogen and oxygen atoms in total. The van der Waals surface area contributed by atoms with E-state index in [1.807, 2.05) is 6.07 Å². The molecule has 2 N–H and O–H groups in total. The summed E-state index contributed by atoms with van der Waals surface area (Å²) in [6, 6.07) is 19.1. The summed E-state index contributed by atoms with van der Waals surface area (Å²) in [4.78, 5) is 2.35. The Bertz CT molecular complexity index is 551. The van der Waals surface area contributed by atoms with Gasteiger partial charge in [-0.1, -0.05) is 67.1 Å². The van der Waals surface area contributed by atoms with Gasteiger partial charge >= 0.3 is 0 Å². The van der Waals surface area contributed by atoms with Crippen molar-refractivity contribution in [1.29, 1.82) is 0 Å². The molecule has 2 aromatic rings. The fourth-order valence-electron chi connectivity index (χ4n) is 2.80. The molecule has 21 heavy (non-hydrogen) atoms. The Labute approximate surface area is 128 Å². The average molecular weight is 282 g/mol. The Morgan fingerprint density at radius 3 is 2.43 bits per heavy atom. The SMILES string of the molecule is Cc1cccc(CN(C)CC(C)C(N)c2ccccc2)c1. The molecule has 0 radical (unpaired) electrons. The lowest BCUT2D eigenvalue weighted by Crippen LogP contribution is -2.30. The van der Waals surface area contributed by atoms with Crippen LogP contribution < -0.4 is 5.73 Å². The van der Waals surface area contributed by atoms with Crippen LogP contribution in [0.2, 0.25) is 0 Å². The third-order valence-corrected chi connectivity index (χ3v) is 3.93. The first-order valence-corrected chi connectivity index (χ1v) is 7.61. The maximum Gasteiger partial charge on any atom is 0.0333 e. The van der Waals surface area contributed by atoms with Crippen LogP contribution in [0.25, 0.3) is 0 Å². The highest BCUT2D eigenvalue weighted by atomic mass is 15.1. The summed E-state index contributed by atoms with van der Waals surface area (Å²) in [5.41, 5.74) is 10.3. The van der Waals surface area contributed by atoms with Crippen molar-refractivity contribution in [2.24, 2.45) is 11.7 Å². The standard InChI is InChI=1S/C19H26N2/c1-15-8-7-9-17(12-15)14-21(3)13-16(2)19(20)18-10-5-4-6-11-18/h4-12,16,19H,13-14,20H2,1-3H3. The summed E-state index contributed by atoms with van der Waals surface area (Å²) in [6.07, 6.45) is 0. The maximum atomic E-state index is 6.38. The number of rotatable bonds is 6. The fourth-order valence-corrected chi connectivity index (χ4v) is 2.80. The van der Waals surface area contributed by atoms with Crippen molar-refractivity contribution < 1.29 is 0 Å². The molecule has 2 aromatic carbocycles. The van der Waals surface area contributed by atoms with Gasteiger partial charge in [-0.2, -0.15) is 0 Å². The second-order valence-electron chi connectivity index (χ2n) is 6.10. The van der Waals surface area contributed by atoms with Crippen molar-refractivity contribution in [2.45, 2.75) is 26.4 Å². The zero-order valence-corrected chi connectivity index (χ0v) is 13.3. The van der Waals surface area contributed by atoms with E-state index in [-0.39, 0.29) is 6.04 Å². The first-order valence-electron chi connectivity index (χ1n) is 7.61. The van der Waals surface area contributed by atoms with E-state index in [0.717, 1.165) is 13.1 Å². The van der Waals surface area contributed by atoms with E-state index in [4.69, 9.17) is 5.73 Å². The minimum atomic E-state index is 0.0890. The van der Waals surface area contributed by atoms with E-state index in [1.54, 1.807) is 0 Å². The van der Waals surface area contributed by atoms with Gasteiger partial charge in [0.05, 0.1) is 0 Å². The summed E-state index contributed by atoms with van der Waals surface area (Å²) >= 11 is 0. The van der Waals surface area contributed by atoms with Crippen molar-refractivity contribution in [3.63, 3.8) is 0 Å². The van der Waals surface area contributed by atoms with E-state index < -0.39 is 0 Å². The molecule has 0 amide bonds. The molecule has 0 aliphatic carbocycles. The largest absolute Gasteiger partial charge is 0.324 e. The number of hydrogen-bond acceptors (Lipinski definition) is 2. The zero-order valence-electron chi connectivity index (χ0n) is 13.3. The summed E-state index contributed by atoms with van der Waals surface area (Å²) in [7, 11) is 2.16. The molecule has 2 atom stereocenters. The van der Waals surface area contributed by atoms with Crippen molar-refractivity contribution >= 4 is 0 Å². The van der Waals surface area contributed by atoms with Gasteiger partial charge in [0.25, 0.3) is 0 Å². The van der Waals surface area contributed by atoms with Gasteiger partial charge in [-0.15, -0.1) is 0 Å². The van der Waals surface area contributed by atoms with Crippen molar-refractivity contribution in [3.05, 3.63) is 71.3 Å². The third-order valence-electron chi connectivity index (χ3n) is 3.93. The molecule has 0 saturated heterocycles. The normalized spacial score (nSPS) is 14.1. The van der Waals surface area contributed by atoms with E-state index in [1.165, 1.54) is 16.7 Å². The van der Waals surface area contributed by atoms with Crippen molar-refractivity contribution in [2.75, 3.05) is 13.6 Å². The first-order chi connectivity index (χ1) is 10.1. The Hall–Kier alpha value is -1.64. The fraction of sp³-hybridized carbons (Fsp3) is 0.368. The zero-order chi connectivity index (χ0) is 15.2. The molecule has 0 saturated carbocycles. The van der Waals surface area contributed by atoms with Crippen molar-refractivity contribution in [1.82, 2.24) is 4.90 Å². The summed E-state index contributed by atoms with van der Waals surface area (Å²) < 4.78 is 0. The molecule has 0 heterocycles. The highest BCUT2D eigenvalue weighted by Gasteiger charge is 2.16. The highest BCUT2D eigenvalue weighted by Crippen LogP contribution is 2.20. The molecule has 2 heteroatoms. The summed E-state index contributed by atoms with van der Waals surface area (Å²) in [5, 5.41) is 0. The van der Waals surface area contributed by atoms with Crippen LogP contribution in [0.5, 0.6) is 0 Å². The van der Waals surface area contributed by atoms with Crippen LogP contribution in [0.15, 0.2) is 54.6 Å². The third kappa shape index (κ3) is 4.69. The maximum absolute atomic E-state index is 6.38. The molecule has 0 aromatic heterocycles. The van der Waals surface area contributed by atoms with Gasteiger partial charge < -0.3 is 10.6 Å². The molecule has 0 spiro atoms. The van der Waals surface area contributed by atoms with Crippen LogP contribution in [0.4, 0.5) is 0 Å². The van der Waals surface area contributed by atoms with Crippen LogP contribution in [-0.2, 0) is 6.54 Å². The predicted molar refractivity (Wildman–Crippen MR) is 90.0 cm³/mol. The first kappa shape index (κ1) is 15.7. The van der Waals surface area contributed by atoms with Crippen LogP contribution >= 0.6 is 0 Å². The topological polar surface area (TPSA) is 29.3 Å². The van der Waals surface area contributed by atoms with Gasteiger partial charge in [0.1, 0.15) is 0 Å². The van der Waals surface area contributed by atoms with Crippen LogP contribution in [0, 0.1) is 12.8 Å². The van der Waals surface area contributed by atoms with E-state index in [2.05, 4.69) is 74.3 Å². The highest BCUT2D eigenvalue weighted by molar-refractivity contribution is 5.22. The van der Waals surface area contributed by atoms with Crippen LogP contribution in [-0.4, -0.2) is 18.5 Å². The van der Waals surface area contributed by atoms with Gasteiger partial charge in [-0.3, -0.25) is 0 Å². The summed E-state index contributed by atoms with van der Waals surface area (Å²) in [5.74, 6) is 0.419. The van der Waals surface area contributed by atoms with Crippen LogP contribution in [0.3, 0.4) is 0 Å². The molecule has 0 fully saturated rings. The number of nitrogens with zero attached hydrogens (tertiary/aromatic N) is 1. The number of nitrogens with two attached hydrogens (primary N) is 1. The quantitative estimate of drug-likeness (QED) is 0.874. The predicted octanol–water partition coefficient (Wildman–Crippen LogP) is 3.76. The lowest BCUT2D eigenvalue weighted by atomic mass is 9.95. The van der Waals surface area contributed by atoms with Gasteiger partial charge in [0.2, 0.25) is 0 Å². The van der Waals surface area contributed by atoms with Gasteiger partial charge in [-0.05, 0) is 31.0 Å². The van der Waals surface area contributed by atoms with Gasteiger partial charge in [0, 0.05) is 19.1 Å². The number of benzene rings is 2. The Balaban J connectivity index is 1.91. The van der Waals surface area contributed by atoms with E-state index >= 15 is 0 Å². The average Bonchev–Trinajstić information content (AvgIpc) is 2.47. The van der Waals surface area contributed by atoms with E-state index in [0.29, 0.717) is 5.92 Å². The molecule has 2 rings (SSSR count). The Kier molecular flexibility index (Phi) is 5.54. The summed E-state index contributed by atoms with van der Waals surface area (Å²) in [6.45, 7) is 6.32. The smallest absolute Gasteiger partial charge is 0.0333 e. The Morgan fingerprint density at radius 2 is 1.76 bits per heavy atom. The second kappa shape index (κ2) is 7.39. The van der Waals surface area contributed by atoms with E-state index in [9.17, 15) is 0 Å². The van der Waals surface area contributed by atoms with Crippen molar-refractivity contribution in [3.8, 4) is 0 Å². The molecule has 2 unspecified atom stereocenters. The molecule has 0 aliphatic rings. The van der Waals surface area contributed by atoms with Gasteiger partial charge in [0.15, 0.2) is 0 Å². The van der Waals surface area contributed by atoms with Crippen LogP contribution in [0.1, 0.15) is 29.7 Å². The molecule has 0 bridgehead atoms. The second-order valence-corrected chi connectivity index (χ2v) is 6.10. The molecular weight excluding hydrogens is 256 g/mol. The molecule has 0 aliphatic heterocycles. The lowest BCUT2D eigenvalue weighted by Gasteiger charge is -2.26.